The van der Waals surface area contributed by atoms with Crippen LogP contribution in [0.1, 0.15) is 19.3 Å². The molecule has 1 fully saturated rings. The maximum Gasteiger partial charge on any atom is 0.241 e. The van der Waals surface area contributed by atoms with E-state index < -0.39 is 15.1 Å². The lowest BCUT2D eigenvalue weighted by Crippen LogP contribution is -2.37. The number of benzene rings is 1. The zero-order chi connectivity index (χ0) is 20.0. The predicted molar refractivity (Wildman–Crippen MR) is 103 cm³/mol. The lowest BCUT2D eigenvalue weighted by Gasteiger charge is -2.29. The number of hydrogen-bond donors (Lipinski definition) is 1. The highest BCUT2D eigenvalue weighted by Crippen LogP contribution is 2.28. The number of carbonyl (C=O) groups is 1. The molecular formula is C19H25N3O5S. The summed E-state index contributed by atoms with van der Waals surface area (Å²) in [6.07, 6.45) is 4.60. The number of nitrogens with one attached hydrogen (secondary N) is 1. The summed E-state index contributed by atoms with van der Waals surface area (Å²) in [5, 5.41) is 6.32. The molecule has 2 aromatic rings. The topological polar surface area (TPSA) is 99.5 Å². The SMILES string of the molecule is COc1ccc(S(=O)(=O)[C@H]2CCO[C@H](CCNC(=O)Cn3cccn3)C2)cc1. The molecule has 3 rings (SSSR count). The number of aromatic nitrogens is 2. The Morgan fingerprint density at radius 2 is 2.14 bits per heavy atom. The van der Waals surface area contributed by atoms with E-state index in [-0.39, 0.29) is 18.6 Å². The second kappa shape index (κ2) is 9.20. The Balaban J connectivity index is 1.50. The summed E-state index contributed by atoms with van der Waals surface area (Å²) >= 11 is 0. The van der Waals surface area contributed by atoms with E-state index in [9.17, 15) is 13.2 Å². The lowest BCUT2D eigenvalue weighted by molar-refractivity contribution is -0.122. The van der Waals surface area contributed by atoms with Gasteiger partial charge in [0, 0.05) is 25.5 Å². The van der Waals surface area contributed by atoms with E-state index in [1.165, 1.54) is 0 Å². The Morgan fingerprint density at radius 1 is 1.36 bits per heavy atom. The number of sulfone groups is 1. The van der Waals surface area contributed by atoms with Crippen molar-refractivity contribution < 1.29 is 22.7 Å². The Labute approximate surface area is 164 Å². The first kappa shape index (κ1) is 20.3. The van der Waals surface area contributed by atoms with Crippen molar-refractivity contribution in [2.45, 2.75) is 42.1 Å². The van der Waals surface area contributed by atoms with Crippen LogP contribution in [0.2, 0.25) is 0 Å². The second-order valence-corrected chi connectivity index (χ2v) is 8.93. The molecule has 2 atom stereocenters. The van der Waals surface area contributed by atoms with E-state index >= 15 is 0 Å². The molecular weight excluding hydrogens is 382 g/mol. The van der Waals surface area contributed by atoms with Crippen LogP contribution in [-0.2, 0) is 25.9 Å². The van der Waals surface area contributed by atoms with E-state index in [0.29, 0.717) is 43.1 Å². The fourth-order valence-electron chi connectivity index (χ4n) is 3.26. The van der Waals surface area contributed by atoms with E-state index in [2.05, 4.69) is 10.4 Å². The molecule has 1 saturated heterocycles. The Hall–Kier alpha value is -2.39. The summed E-state index contributed by atoms with van der Waals surface area (Å²) in [5.41, 5.74) is 0. The molecule has 2 heterocycles. The van der Waals surface area contributed by atoms with E-state index in [4.69, 9.17) is 9.47 Å². The maximum absolute atomic E-state index is 12.9. The number of amides is 1. The van der Waals surface area contributed by atoms with Crippen LogP contribution in [0.4, 0.5) is 0 Å². The number of rotatable bonds is 8. The molecule has 1 aliphatic rings. The molecule has 0 radical (unpaired) electrons. The molecule has 1 aromatic heterocycles. The minimum absolute atomic E-state index is 0.137. The molecule has 1 amide bonds. The van der Waals surface area contributed by atoms with Gasteiger partial charge in [-0.1, -0.05) is 0 Å². The van der Waals surface area contributed by atoms with Crippen LogP contribution in [0, 0.1) is 0 Å². The Morgan fingerprint density at radius 3 is 2.82 bits per heavy atom. The smallest absolute Gasteiger partial charge is 0.241 e. The van der Waals surface area contributed by atoms with Crippen molar-refractivity contribution in [3.05, 3.63) is 42.7 Å². The normalized spacial score (nSPS) is 19.9. The van der Waals surface area contributed by atoms with Gasteiger partial charge in [-0.2, -0.15) is 5.10 Å². The molecule has 0 unspecified atom stereocenters. The number of ether oxygens (including phenoxy) is 2. The van der Waals surface area contributed by atoms with Crippen molar-refractivity contribution >= 4 is 15.7 Å². The zero-order valence-corrected chi connectivity index (χ0v) is 16.6. The number of hydrogen-bond acceptors (Lipinski definition) is 6. The van der Waals surface area contributed by atoms with E-state index in [1.807, 2.05) is 0 Å². The summed E-state index contributed by atoms with van der Waals surface area (Å²) < 4.78 is 38.2. The quantitative estimate of drug-likeness (QED) is 0.710. The van der Waals surface area contributed by atoms with Crippen LogP contribution in [0.3, 0.4) is 0 Å². The molecule has 152 valence electrons. The Bertz CT molecular complexity index is 865. The summed E-state index contributed by atoms with van der Waals surface area (Å²) in [6.45, 7) is 0.985. The molecule has 28 heavy (non-hydrogen) atoms. The summed E-state index contributed by atoms with van der Waals surface area (Å²) in [6, 6.07) is 8.21. The largest absolute Gasteiger partial charge is 0.497 e. The van der Waals surface area contributed by atoms with Gasteiger partial charge in [-0.05, 0) is 49.6 Å². The third-order valence-corrected chi connectivity index (χ3v) is 7.03. The molecule has 0 aliphatic carbocycles. The van der Waals surface area contributed by atoms with Crippen LogP contribution >= 0.6 is 0 Å². The minimum Gasteiger partial charge on any atom is -0.497 e. The fraction of sp³-hybridized carbons (Fsp3) is 0.474. The first-order valence-electron chi connectivity index (χ1n) is 9.22. The van der Waals surface area contributed by atoms with Crippen LogP contribution in [0.15, 0.2) is 47.6 Å². The second-order valence-electron chi connectivity index (χ2n) is 6.70. The minimum atomic E-state index is -3.43. The molecule has 1 aromatic carbocycles. The van der Waals surface area contributed by atoms with Gasteiger partial charge in [0.25, 0.3) is 0 Å². The van der Waals surface area contributed by atoms with Crippen molar-refractivity contribution in [1.29, 1.82) is 0 Å². The van der Waals surface area contributed by atoms with Crippen LogP contribution < -0.4 is 10.1 Å². The van der Waals surface area contributed by atoms with Crippen molar-refractivity contribution in [3.8, 4) is 5.75 Å². The van der Waals surface area contributed by atoms with Gasteiger partial charge in [0.1, 0.15) is 12.3 Å². The van der Waals surface area contributed by atoms with Crippen molar-refractivity contribution in [3.63, 3.8) is 0 Å². The van der Waals surface area contributed by atoms with Crippen molar-refractivity contribution in [2.75, 3.05) is 20.3 Å². The third kappa shape index (κ3) is 5.11. The highest BCUT2D eigenvalue weighted by atomic mass is 32.2. The number of nitrogens with zero attached hydrogens (tertiary/aromatic N) is 2. The van der Waals surface area contributed by atoms with Gasteiger partial charge in [0.15, 0.2) is 9.84 Å². The van der Waals surface area contributed by atoms with Gasteiger partial charge in [-0.3, -0.25) is 9.48 Å². The predicted octanol–water partition coefficient (Wildman–Crippen LogP) is 1.42. The molecule has 9 heteroatoms. The number of methoxy groups -OCH3 is 1. The highest BCUT2D eigenvalue weighted by Gasteiger charge is 2.33. The van der Waals surface area contributed by atoms with E-state index in [0.717, 1.165) is 0 Å². The Kier molecular flexibility index (Phi) is 6.69. The zero-order valence-electron chi connectivity index (χ0n) is 15.8. The van der Waals surface area contributed by atoms with Gasteiger partial charge in [0.2, 0.25) is 5.91 Å². The summed E-state index contributed by atoms with van der Waals surface area (Å²) in [7, 11) is -1.89. The molecule has 0 saturated carbocycles. The molecule has 0 spiro atoms. The van der Waals surface area contributed by atoms with Gasteiger partial charge in [-0.25, -0.2) is 8.42 Å². The average molecular weight is 407 g/mol. The van der Waals surface area contributed by atoms with Crippen LogP contribution in [0.25, 0.3) is 0 Å². The van der Waals surface area contributed by atoms with E-state index in [1.54, 1.807) is 54.5 Å². The average Bonchev–Trinajstić information content (AvgIpc) is 3.21. The van der Waals surface area contributed by atoms with Gasteiger partial charge >= 0.3 is 0 Å². The fourth-order valence-corrected chi connectivity index (χ4v) is 5.03. The van der Waals surface area contributed by atoms with Gasteiger partial charge in [-0.15, -0.1) is 0 Å². The molecule has 0 bridgehead atoms. The summed E-state index contributed by atoms with van der Waals surface area (Å²) in [5.74, 6) is 0.483. The lowest BCUT2D eigenvalue weighted by atomic mass is 10.1. The number of carbonyl (C=O) groups excluding carboxylic acids is 1. The summed E-state index contributed by atoms with van der Waals surface area (Å²) in [4.78, 5) is 12.2. The van der Waals surface area contributed by atoms with Gasteiger partial charge < -0.3 is 14.8 Å². The molecule has 1 N–H and O–H groups in total. The maximum atomic E-state index is 12.9. The van der Waals surface area contributed by atoms with Crippen molar-refractivity contribution in [1.82, 2.24) is 15.1 Å². The molecule has 1 aliphatic heterocycles. The molecule has 8 nitrogen and oxygen atoms in total. The highest BCUT2D eigenvalue weighted by molar-refractivity contribution is 7.92. The van der Waals surface area contributed by atoms with Crippen molar-refractivity contribution in [2.24, 2.45) is 0 Å². The first-order valence-corrected chi connectivity index (χ1v) is 10.8. The standard InChI is InChI=1S/C19H25N3O5S/c1-26-15-3-5-17(6-4-15)28(24,25)18-8-12-27-16(13-18)7-10-20-19(23)14-22-11-2-9-21-22/h2-6,9,11,16,18H,7-8,10,12-14H2,1H3,(H,20,23)/t16-,18+/m1/s1. The van der Waals surface area contributed by atoms with Crippen LogP contribution in [-0.4, -0.2) is 55.7 Å². The van der Waals surface area contributed by atoms with Crippen LogP contribution in [0.5, 0.6) is 5.75 Å². The van der Waals surface area contributed by atoms with Gasteiger partial charge in [0.05, 0.1) is 23.4 Å². The first-order chi connectivity index (χ1) is 13.5. The third-order valence-electron chi connectivity index (χ3n) is 4.80. The monoisotopic (exact) mass is 407 g/mol.